The van der Waals surface area contributed by atoms with Gasteiger partial charge in [-0.1, -0.05) is 111 Å². The maximum Gasteiger partial charge on any atom is 0.329 e. The number of aliphatic hydroxyl groups is 1. The number of amides is 4. The number of rotatable bonds is 12. The number of carbonyl (C=O) groups excluding carboxylic acids is 5. The summed E-state index contributed by atoms with van der Waals surface area (Å²) in [6.07, 6.45) is -0.940. The van der Waals surface area contributed by atoms with Crippen LogP contribution in [0.2, 0.25) is 0 Å². The standard InChI is InChI=1S/C52H53N5O10/c1-32(2)42(48(60)64-3)54-51(63)56-39-20-12-11-19-38(39)52(50(56)62)41(47(59)53-35-22-24-36(25-23-35)55-26-29-65-30-27-55)44-49(61)67-45(34-16-8-5-9-17-34)43(33-14-6-4-7-15-33)57(44)46(52)37-18-10-13-21-40(37)66-31-28-58/h4-25,32,41-46,58H,26-31H2,1-3H3,(H,53,59)(H,54,63). The summed E-state index contributed by atoms with van der Waals surface area (Å²) in [4.78, 5) is 80.7. The smallest absolute Gasteiger partial charge is 0.329 e. The van der Waals surface area contributed by atoms with Gasteiger partial charge in [-0.3, -0.25) is 19.3 Å². The Hall–Kier alpha value is -7.07. The summed E-state index contributed by atoms with van der Waals surface area (Å²) in [7, 11) is 1.22. The Labute approximate surface area is 388 Å². The third-order valence-electron chi connectivity index (χ3n) is 13.3. The van der Waals surface area contributed by atoms with Crippen LogP contribution in [0.25, 0.3) is 0 Å². The zero-order valence-electron chi connectivity index (χ0n) is 37.4. The largest absolute Gasteiger partial charge is 0.491 e. The van der Waals surface area contributed by atoms with Gasteiger partial charge in [0.1, 0.15) is 36.0 Å². The van der Waals surface area contributed by atoms with Crippen LogP contribution < -0.4 is 25.2 Å². The van der Waals surface area contributed by atoms with Crippen molar-refractivity contribution in [2.45, 2.75) is 49.5 Å². The Kier molecular flexibility index (Phi) is 12.8. The number of benzene rings is 5. The van der Waals surface area contributed by atoms with Gasteiger partial charge in [-0.15, -0.1) is 0 Å². The number of para-hydroxylation sites is 2. The number of esters is 2. The van der Waals surface area contributed by atoms with E-state index in [0.717, 1.165) is 16.2 Å². The van der Waals surface area contributed by atoms with Crippen molar-refractivity contribution in [2.75, 3.05) is 61.7 Å². The number of hydrogen-bond acceptors (Lipinski definition) is 12. The number of cyclic esters (lactones) is 1. The first-order valence-electron chi connectivity index (χ1n) is 22.6. The average Bonchev–Trinajstić information content (AvgIpc) is 3.82. The summed E-state index contributed by atoms with van der Waals surface area (Å²) in [6.45, 7) is 5.64. The zero-order chi connectivity index (χ0) is 46.8. The average molecular weight is 908 g/mol. The summed E-state index contributed by atoms with van der Waals surface area (Å²) in [5.41, 5.74) is 1.57. The lowest BCUT2D eigenvalue weighted by molar-refractivity contribution is -0.178. The highest BCUT2D eigenvalue weighted by atomic mass is 16.6. The first-order valence-corrected chi connectivity index (χ1v) is 22.6. The number of imide groups is 1. The first kappa shape index (κ1) is 45.1. The molecule has 0 aromatic heterocycles. The predicted octanol–water partition coefficient (Wildman–Crippen LogP) is 6.11. The third-order valence-corrected chi connectivity index (χ3v) is 13.3. The van der Waals surface area contributed by atoms with Crippen molar-refractivity contribution in [3.05, 3.63) is 156 Å². The molecule has 0 saturated carbocycles. The van der Waals surface area contributed by atoms with Crippen molar-refractivity contribution in [1.29, 1.82) is 0 Å². The fraction of sp³-hybridized carbons (Fsp3) is 0.327. The van der Waals surface area contributed by atoms with Gasteiger partial charge in [-0.25, -0.2) is 14.5 Å². The lowest BCUT2D eigenvalue weighted by atomic mass is 9.65. The van der Waals surface area contributed by atoms with E-state index in [4.69, 9.17) is 18.9 Å². The zero-order valence-corrected chi connectivity index (χ0v) is 37.4. The summed E-state index contributed by atoms with van der Waals surface area (Å²) in [6, 6.07) is 34.3. The Balaban J connectivity index is 1.30. The minimum absolute atomic E-state index is 0.107. The minimum Gasteiger partial charge on any atom is -0.491 e. The topological polar surface area (TPSA) is 176 Å². The van der Waals surface area contributed by atoms with Gasteiger partial charge < -0.3 is 39.6 Å². The number of aliphatic hydroxyl groups excluding tert-OH is 1. The molecule has 9 rings (SSSR count). The van der Waals surface area contributed by atoms with E-state index in [1.54, 1.807) is 74.5 Å². The summed E-state index contributed by atoms with van der Waals surface area (Å²) in [5, 5.41) is 15.9. The molecule has 3 saturated heterocycles. The maximum absolute atomic E-state index is 16.5. The number of methoxy groups -OCH3 is 1. The fourth-order valence-corrected chi connectivity index (χ4v) is 10.4. The summed E-state index contributed by atoms with van der Waals surface area (Å²) >= 11 is 0. The number of nitrogens with zero attached hydrogens (tertiary/aromatic N) is 3. The van der Waals surface area contributed by atoms with Gasteiger partial charge in [0.15, 0.2) is 0 Å². The van der Waals surface area contributed by atoms with Crippen molar-refractivity contribution in [1.82, 2.24) is 10.2 Å². The van der Waals surface area contributed by atoms with Gasteiger partial charge in [-0.2, -0.15) is 0 Å². The van der Waals surface area contributed by atoms with Gasteiger partial charge in [0, 0.05) is 30.0 Å². The van der Waals surface area contributed by atoms with Crippen LogP contribution in [0.4, 0.5) is 21.9 Å². The second-order valence-corrected chi connectivity index (χ2v) is 17.4. The van der Waals surface area contributed by atoms with Crippen LogP contribution in [-0.2, 0) is 38.8 Å². The minimum atomic E-state index is -2.06. The molecule has 7 unspecified atom stereocenters. The molecule has 5 aromatic rings. The molecule has 7 atom stereocenters. The van der Waals surface area contributed by atoms with E-state index in [9.17, 15) is 14.7 Å². The number of carbonyl (C=O) groups is 5. The van der Waals surface area contributed by atoms with E-state index >= 15 is 14.4 Å². The number of ether oxygens (including phenoxy) is 4. The number of morpholine rings is 2. The molecular formula is C52H53N5O10. The SMILES string of the molecule is COC(=O)C(NC(=O)N1C(=O)C2(c3ccccc31)C(C(=O)Nc1ccc(N3CCOCC3)cc1)C1C(=O)OC(c3ccccc3)C(c3ccccc3)N1C2c1ccccc1OCCO)C(C)C. The van der Waals surface area contributed by atoms with E-state index in [0.29, 0.717) is 54.4 Å². The first-order chi connectivity index (χ1) is 32.6. The van der Waals surface area contributed by atoms with Crippen LogP contribution in [0.5, 0.6) is 5.75 Å². The van der Waals surface area contributed by atoms with Crippen LogP contribution >= 0.6 is 0 Å². The highest BCUT2D eigenvalue weighted by molar-refractivity contribution is 6.25. The Morgan fingerprint density at radius 2 is 1.45 bits per heavy atom. The Morgan fingerprint density at radius 3 is 2.12 bits per heavy atom. The molecule has 15 nitrogen and oxygen atoms in total. The number of anilines is 3. The quantitative estimate of drug-likeness (QED) is 0.123. The summed E-state index contributed by atoms with van der Waals surface area (Å²) in [5.74, 6) is -4.65. The van der Waals surface area contributed by atoms with Gasteiger partial charge in [0.2, 0.25) is 11.8 Å². The molecule has 4 aliphatic rings. The monoisotopic (exact) mass is 907 g/mol. The van der Waals surface area contributed by atoms with Crippen molar-refractivity contribution in [2.24, 2.45) is 11.8 Å². The normalized spacial score (nSPS) is 23.9. The maximum atomic E-state index is 16.5. The highest BCUT2D eigenvalue weighted by Gasteiger charge is 2.76. The van der Waals surface area contributed by atoms with E-state index < -0.39 is 77.3 Å². The Morgan fingerprint density at radius 1 is 0.806 bits per heavy atom. The van der Waals surface area contributed by atoms with Crippen LogP contribution in [0.15, 0.2) is 133 Å². The number of hydrogen-bond donors (Lipinski definition) is 3. The van der Waals surface area contributed by atoms with E-state index in [1.165, 1.54) is 7.11 Å². The van der Waals surface area contributed by atoms with Gasteiger partial charge in [-0.05, 0) is 59.0 Å². The molecule has 4 amide bonds. The molecule has 346 valence electrons. The number of urea groups is 1. The lowest BCUT2D eigenvalue weighted by Crippen LogP contribution is -2.57. The molecule has 0 aliphatic carbocycles. The fourth-order valence-electron chi connectivity index (χ4n) is 10.4. The Bertz CT molecular complexity index is 2620. The van der Waals surface area contributed by atoms with Crippen LogP contribution in [0.3, 0.4) is 0 Å². The molecule has 0 radical (unpaired) electrons. The molecule has 1 spiro atoms. The molecule has 4 heterocycles. The van der Waals surface area contributed by atoms with Crippen LogP contribution in [0.1, 0.15) is 54.3 Å². The molecular weight excluding hydrogens is 855 g/mol. The van der Waals surface area contributed by atoms with Crippen molar-refractivity contribution < 1.29 is 48.0 Å². The summed E-state index contributed by atoms with van der Waals surface area (Å²) < 4.78 is 23.4. The van der Waals surface area contributed by atoms with Crippen molar-refractivity contribution >= 4 is 46.8 Å². The molecule has 3 N–H and O–H groups in total. The van der Waals surface area contributed by atoms with Crippen molar-refractivity contribution in [3.63, 3.8) is 0 Å². The highest BCUT2D eigenvalue weighted by Crippen LogP contribution is 2.66. The second kappa shape index (κ2) is 19.0. The molecule has 4 aliphatic heterocycles. The lowest BCUT2D eigenvalue weighted by Gasteiger charge is -2.46. The molecule has 0 bridgehead atoms. The molecule has 15 heteroatoms. The van der Waals surface area contributed by atoms with Gasteiger partial charge in [0.05, 0.1) is 50.6 Å². The van der Waals surface area contributed by atoms with Crippen LogP contribution in [-0.4, -0.2) is 98.5 Å². The second-order valence-electron chi connectivity index (χ2n) is 17.4. The van der Waals surface area contributed by atoms with Gasteiger partial charge >= 0.3 is 18.0 Å². The van der Waals surface area contributed by atoms with E-state index in [2.05, 4.69) is 15.5 Å². The molecule has 3 fully saturated rings. The van der Waals surface area contributed by atoms with Gasteiger partial charge in [0.25, 0.3) is 0 Å². The predicted molar refractivity (Wildman–Crippen MR) is 248 cm³/mol. The molecule has 67 heavy (non-hydrogen) atoms. The number of fused-ring (bicyclic) bond motifs is 3. The van der Waals surface area contributed by atoms with E-state index in [1.807, 2.05) is 77.7 Å². The molecule has 5 aromatic carbocycles. The van der Waals surface area contributed by atoms with Crippen molar-refractivity contribution in [3.8, 4) is 5.75 Å². The van der Waals surface area contributed by atoms with Crippen LogP contribution in [0, 0.1) is 11.8 Å². The number of nitrogens with one attached hydrogen (secondary N) is 2. The third kappa shape index (κ3) is 7.96. The van der Waals surface area contributed by atoms with E-state index in [-0.39, 0.29) is 18.9 Å².